The van der Waals surface area contributed by atoms with Crippen molar-refractivity contribution < 1.29 is 9.84 Å². The molecule has 3 nitrogen and oxygen atoms in total. The molecule has 116 valence electrons. The standard InChI is InChI=1S/C19H23NO2/c1-13(18-11-16(22-2)9-10-19(18)21)20-12-15-5-3-4-6-17(15)14-7-8-14/h3-6,9-11,13-14,20-21H,7-8,12H2,1-2H3. The Morgan fingerprint density at radius 1 is 1.23 bits per heavy atom. The van der Waals surface area contributed by atoms with Crippen LogP contribution in [0.3, 0.4) is 0 Å². The minimum absolute atomic E-state index is 0.0577. The highest BCUT2D eigenvalue weighted by Crippen LogP contribution is 2.41. The number of benzene rings is 2. The number of phenols is 1. The summed E-state index contributed by atoms with van der Waals surface area (Å²) in [5.41, 5.74) is 3.69. The van der Waals surface area contributed by atoms with E-state index in [1.807, 2.05) is 6.07 Å². The maximum Gasteiger partial charge on any atom is 0.120 e. The summed E-state index contributed by atoms with van der Waals surface area (Å²) in [6, 6.07) is 14.0. The average Bonchev–Trinajstić information content (AvgIpc) is 3.38. The number of phenolic OH excluding ortho intramolecular Hbond substituents is 1. The van der Waals surface area contributed by atoms with Crippen molar-refractivity contribution in [2.75, 3.05) is 7.11 Å². The molecule has 2 N–H and O–H groups in total. The van der Waals surface area contributed by atoms with Crippen LogP contribution in [-0.4, -0.2) is 12.2 Å². The molecule has 1 unspecified atom stereocenters. The van der Waals surface area contributed by atoms with Crippen molar-refractivity contribution in [2.45, 2.75) is 38.3 Å². The van der Waals surface area contributed by atoms with Gasteiger partial charge in [0.15, 0.2) is 0 Å². The van der Waals surface area contributed by atoms with Crippen LogP contribution in [0.4, 0.5) is 0 Å². The van der Waals surface area contributed by atoms with Gasteiger partial charge in [-0.15, -0.1) is 0 Å². The lowest BCUT2D eigenvalue weighted by Crippen LogP contribution is -2.19. The zero-order chi connectivity index (χ0) is 15.5. The fraction of sp³-hybridized carbons (Fsp3) is 0.368. The Morgan fingerprint density at radius 3 is 2.73 bits per heavy atom. The van der Waals surface area contributed by atoms with E-state index in [4.69, 9.17) is 4.74 Å². The van der Waals surface area contributed by atoms with Crippen molar-refractivity contribution in [2.24, 2.45) is 0 Å². The first-order valence-corrected chi connectivity index (χ1v) is 7.87. The first kappa shape index (κ1) is 14.9. The molecule has 0 aromatic heterocycles. The zero-order valence-electron chi connectivity index (χ0n) is 13.2. The van der Waals surface area contributed by atoms with E-state index in [2.05, 4.69) is 36.5 Å². The van der Waals surface area contributed by atoms with Crippen molar-refractivity contribution in [1.29, 1.82) is 0 Å². The van der Waals surface area contributed by atoms with Gasteiger partial charge in [-0.05, 0) is 55.0 Å². The van der Waals surface area contributed by atoms with Gasteiger partial charge in [-0.1, -0.05) is 24.3 Å². The largest absolute Gasteiger partial charge is 0.508 e. The summed E-state index contributed by atoms with van der Waals surface area (Å²) >= 11 is 0. The molecule has 1 saturated carbocycles. The molecule has 0 radical (unpaired) electrons. The average molecular weight is 297 g/mol. The summed E-state index contributed by atoms with van der Waals surface area (Å²) in [4.78, 5) is 0. The van der Waals surface area contributed by atoms with E-state index in [0.29, 0.717) is 5.75 Å². The van der Waals surface area contributed by atoms with Crippen molar-refractivity contribution >= 4 is 0 Å². The molecule has 1 fully saturated rings. The van der Waals surface area contributed by atoms with Crippen LogP contribution in [0.25, 0.3) is 0 Å². The van der Waals surface area contributed by atoms with E-state index in [0.717, 1.165) is 23.8 Å². The SMILES string of the molecule is COc1ccc(O)c(C(C)NCc2ccccc2C2CC2)c1. The lowest BCUT2D eigenvalue weighted by Gasteiger charge is -2.18. The highest BCUT2D eigenvalue weighted by molar-refractivity contribution is 5.41. The summed E-state index contributed by atoms with van der Waals surface area (Å²) in [6.07, 6.45) is 2.62. The molecule has 0 heterocycles. The molecular weight excluding hydrogens is 274 g/mol. The minimum Gasteiger partial charge on any atom is -0.508 e. The third-order valence-corrected chi connectivity index (χ3v) is 4.37. The molecule has 22 heavy (non-hydrogen) atoms. The lowest BCUT2D eigenvalue weighted by molar-refractivity contribution is 0.407. The third-order valence-electron chi connectivity index (χ3n) is 4.37. The van der Waals surface area contributed by atoms with E-state index >= 15 is 0 Å². The maximum absolute atomic E-state index is 10.1. The monoisotopic (exact) mass is 297 g/mol. The summed E-state index contributed by atoms with van der Waals surface area (Å²) in [6.45, 7) is 2.87. The Kier molecular flexibility index (Phi) is 4.34. The van der Waals surface area contributed by atoms with E-state index in [1.54, 1.807) is 19.2 Å². The van der Waals surface area contributed by atoms with Crippen LogP contribution in [0.2, 0.25) is 0 Å². The third kappa shape index (κ3) is 3.25. The predicted octanol–water partition coefficient (Wildman–Crippen LogP) is 4.13. The second kappa shape index (κ2) is 6.41. The Bertz CT molecular complexity index is 650. The number of hydrogen-bond acceptors (Lipinski definition) is 3. The summed E-state index contributed by atoms with van der Waals surface area (Å²) in [7, 11) is 1.64. The van der Waals surface area contributed by atoms with Gasteiger partial charge in [-0.2, -0.15) is 0 Å². The van der Waals surface area contributed by atoms with E-state index in [-0.39, 0.29) is 6.04 Å². The summed E-state index contributed by atoms with van der Waals surface area (Å²) < 4.78 is 5.24. The molecule has 0 bridgehead atoms. The second-order valence-electron chi connectivity index (χ2n) is 6.00. The molecule has 0 aliphatic heterocycles. The molecule has 2 aromatic rings. The van der Waals surface area contributed by atoms with E-state index < -0.39 is 0 Å². The molecule has 0 spiro atoms. The van der Waals surface area contributed by atoms with Crippen LogP contribution in [0.1, 0.15) is 48.4 Å². The van der Waals surface area contributed by atoms with Crippen LogP contribution in [-0.2, 0) is 6.54 Å². The molecular formula is C19H23NO2. The Hall–Kier alpha value is -2.00. The van der Waals surface area contributed by atoms with Crippen molar-refractivity contribution in [1.82, 2.24) is 5.32 Å². The first-order chi connectivity index (χ1) is 10.7. The van der Waals surface area contributed by atoms with E-state index in [1.165, 1.54) is 24.0 Å². The molecule has 1 aliphatic rings. The number of methoxy groups -OCH3 is 1. The Morgan fingerprint density at radius 2 is 2.00 bits per heavy atom. The van der Waals surface area contributed by atoms with E-state index in [9.17, 15) is 5.11 Å². The van der Waals surface area contributed by atoms with Gasteiger partial charge in [0.25, 0.3) is 0 Å². The van der Waals surface area contributed by atoms with Crippen LogP contribution >= 0.6 is 0 Å². The van der Waals surface area contributed by atoms with Crippen LogP contribution in [0, 0.1) is 0 Å². The number of rotatable bonds is 6. The lowest BCUT2D eigenvalue weighted by atomic mass is 10.0. The van der Waals surface area contributed by atoms with Gasteiger partial charge in [0, 0.05) is 18.2 Å². The molecule has 0 amide bonds. The van der Waals surface area contributed by atoms with Crippen molar-refractivity contribution in [3.63, 3.8) is 0 Å². The minimum atomic E-state index is 0.0577. The molecule has 3 heteroatoms. The highest BCUT2D eigenvalue weighted by atomic mass is 16.5. The number of aromatic hydroxyl groups is 1. The quantitative estimate of drug-likeness (QED) is 0.842. The fourth-order valence-electron chi connectivity index (χ4n) is 2.87. The van der Waals surface area contributed by atoms with Gasteiger partial charge >= 0.3 is 0 Å². The molecule has 0 saturated heterocycles. The number of hydrogen-bond donors (Lipinski definition) is 2. The van der Waals surface area contributed by atoms with Crippen LogP contribution in [0.15, 0.2) is 42.5 Å². The van der Waals surface area contributed by atoms with Crippen LogP contribution < -0.4 is 10.1 Å². The van der Waals surface area contributed by atoms with Crippen LogP contribution in [0.5, 0.6) is 11.5 Å². The van der Waals surface area contributed by atoms with Gasteiger partial charge in [0.05, 0.1) is 7.11 Å². The number of nitrogens with one attached hydrogen (secondary N) is 1. The topological polar surface area (TPSA) is 41.5 Å². The summed E-state index contributed by atoms with van der Waals surface area (Å²) in [5, 5.41) is 13.6. The maximum atomic E-state index is 10.1. The smallest absolute Gasteiger partial charge is 0.120 e. The molecule has 3 rings (SSSR count). The van der Waals surface area contributed by atoms with Crippen molar-refractivity contribution in [3.8, 4) is 11.5 Å². The van der Waals surface area contributed by atoms with Gasteiger partial charge in [0.1, 0.15) is 11.5 Å². The first-order valence-electron chi connectivity index (χ1n) is 7.87. The Balaban J connectivity index is 1.71. The fourth-order valence-corrected chi connectivity index (χ4v) is 2.87. The van der Waals surface area contributed by atoms with Gasteiger partial charge in [0.2, 0.25) is 0 Å². The predicted molar refractivity (Wildman–Crippen MR) is 88.3 cm³/mol. The number of ether oxygens (including phenoxy) is 1. The normalized spacial score (nSPS) is 15.5. The highest BCUT2D eigenvalue weighted by Gasteiger charge is 2.25. The van der Waals surface area contributed by atoms with Crippen molar-refractivity contribution in [3.05, 3.63) is 59.2 Å². The van der Waals surface area contributed by atoms with Gasteiger partial charge < -0.3 is 15.2 Å². The summed E-state index contributed by atoms with van der Waals surface area (Å²) in [5.74, 6) is 1.81. The van der Waals surface area contributed by atoms with Gasteiger partial charge in [-0.3, -0.25) is 0 Å². The van der Waals surface area contributed by atoms with Gasteiger partial charge in [-0.25, -0.2) is 0 Å². The second-order valence-corrected chi connectivity index (χ2v) is 6.00. The Labute approximate surface area is 131 Å². The molecule has 1 atom stereocenters. The zero-order valence-corrected chi connectivity index (χ0v) is 13.2. The molecule has 1 aliphatic carbocycles. The molecule has 2 aromatic carbocycles.